The molecule has 0 aliphatic heterocycles. The van der Waals surface area contributed by atoms with E-state index in [1.807, 2.05) is 18.2 Å². The average Bonchev–Trinajstić information content (AvgIpc) is 3.25. The first-order valence-electron chi connectivity index (χ1n) is 10.1. The lowest BCUT2D eigenvalue weighted by Gasteiger charge is -2.20. The van der Waals surface area contributed by atoms with E-state index in [0.29, 0.717) is 18.1 Å². The van der Waals surface area contributed by atoms with Gasteiger partial charge in [-0.05, 0) is 60.6 Å². The Morgan fingerprint density at radius 3 is 2.40 bits per heavy atom. The lowest BCUT2D eigenvalue weighted by atomic mass is 10.1. The van der Waals surface area contributed by atoms with Gasteiger partial charge in [0.05, 0.1) is 0 Å². The number of halogens is 1. The average molecular weight is 410 g/mol. The van der Waals surface area contributed by atoms with Crippen molar-refractivity contribution in [2.75, 3.05) is 13.1 Å². The van der Waals surface area contributed by atoms with E-state index < -0.39 is 0 Å². The minimum absolute atomic E-state index is 0.158. The largest absolute Gasteiger partial charge is 0.486 e. The fraction of sp³-hybridized carbons (Fsp3) is 0.292. The molecule has 0 radical (unpaired) electrons. The maximum absolute atomic E-state index is 12.9. The molecule has 0 aliphatic carbocycles. The number of furan rings is 1. The van der Waals surface area contributed by atoms with Gasteiger partial charge in [-0.3, -0.25) is 9.69 Å². The van der Waals surface area contributed by atoms with Gasteiger partial charge in [-0.1, -0.05) is 38.1 Å². The number of benzene rings is 2. The highest BCUT2D eigenvalue weighted by Gasteiger charge is 2.13. The number of carbonyl (C=O) groups excluding carboxylic acids is 1. The smallest absolute Gasteiger partial charge is 0.287 e. The summed E-state index contributed by atoms with van der Waals surface area (Å²) in [5, 5.41) is 2.92. The summed E-state index contributed by atoms with van der Waals surface area (Å²) >= 11 is 0. The van der Waals surface area contributed by atoms with Crippen molar-refractivity contribution in [2.45, 2.75) is 33.5 Å². The van der Waals surface area contributed by atoms with Crippen LogP contribution in [0.25, 0.3) is 0 Å². The second kappa shape index (κ2) is 10.6. The van der Waals surface area contributed by atoms with Gasteiger partial charge in [0.2, 0.25) is 0 Å². The van der Waals surface area contributed by atoms with Gasteiger partial charge < -0.3 is 14.5 Å². The van der Waals surface area contributed by atoms with Crippen LogP contribution in [0.5, 0.6) is 5.75 Å². The van der Waals surface area contributed by atoms with Crippen molar-refractivity contribution in [3.05, 3.63) is 89.1 Å². The number of hydrogen-bond donors (Lipinski definition) is 1. The topological polar surface area (TPSA) is 54.7 Å². The minimum atomic E-state index is -0.321. The fourth-order valence-corrected chi connectivity index (χ4v) is 3.10. The number of ether oxygens (including phenoxy) is 1. The predicted molar refractivity (Wildman–Crippen MR) is 114 cm³/mol. The third kappa shape index (κ3) is 5.94. The van der Waals surface area contributed by atoms with Crippen LogP contribution in [0.4, 0.5) is 4.39 Å². The van der Waals surface area contributed by atoms with E-state index in [2.05, 4.69) is 30.1 Å². The summed E-state index contributed by atoms with van der Waals surface area (Å²) in [6.07, 6.45) is 0. The highest BCUT2D eigenvalue weighted by Crippen LogP contribution is 2.16. The van der Waals surface area contributed by atoms with Crippen molar-refractivity contribution in [1.29, 1.82) is 0 Å². The zero-order chi connectivity index (χ0) is 21.3. The van der Waals surface area contributed by atoms with E-state index in [9.17, 15) is 9.18 Å². The highest BCUT2D eigenvalue weighted by atomic mass is 19.1. The number of amides is 1. The first-order valence-corrected chi connectivity index (χ1v) is 10.1. The molecule has 0 saturated carbocycles. The molecule has 1 heterocycles. The van der Waals surface area contributed by atoms with Gasteiger partial charge in [-0.25, -0.2) is 4.39 Å². The molecule has 0 spiro atoms. The summed E-state index contributed by atoms with van der Waals surface area (Å²) in [4.78, 5) is 14.8. The molecule has 0 atom stereocenters. The molecule has 0 fully saturated rings. The molecule has 0 saturated heterocycles. The van der Waals surface area contributed by atoms with Crippen LogP contribution in [0.3, 0.4) is 0 Å². The van der Waals surface area contributed by atoms with Gasteiger partial charge >= 0.3 is 0 Å². The molecule has 6 heteroatoms. The molecule has 2 aromatic carbocycles. The summed E-state index contributed by atoms with van der Waals surface area (Å²) in [7, 11) is 0. The number of hydrogen-bond acceptors (Lipinski definition) is 4. The van der Waals surface area contributed by atoms with E-state index in [4.69, 9.17) is 9.15 Å². The Morgan fingerprint density at radius 1 is 1.00 bits per heavy atom. The summed E-state index contributed by atoms with van der Waals surface area (Å²) in [5.74, 6) is 0.683. The van der Waals surface area contributed by atoms with E-state index >= 15 is 0 Å². The Bertz CT molecular complexity index is 949. The molecule has 158 valence electrons. The Morgan fingerprint density at radius 2 is 1.70 bits per heavy atom. The third-order valence-corrected chi connectivity index (χ3v) is 4.93. The second-order valence-corrected chi connectivity index (χ2v) is 6.92. The molecular formula is C24H27FN2O3. The Balaban J connectivity index is 1.55. The molecule has 1 N–H and O–H groups in total. The maximum atomic E-state index is 12.9. The first kappa shape index (κ1) is 21.6. The van der Waals surface area contributed by atoms with Crippen LogP contribution in [0.15, 0.2) is 65.1 Å². The molecule has 3 aromatic rings. The normalized spacial score (nSPS) is 10.9. The lowest BCUT2D eigenvalue weighted by molar-refractivity contribution is 0.0919. The van der Waals surface area contributed by atoms with Gasteiger partial charge in [-0.2, -0.15) is 0 Å². The number of nitrogens with one attached hydrogen (secondary N) is 1. The van der Waals surface area contributed by atoms with Crippen LogP contribution < -0.4 is 10.1 Å². The van der Waals surface area contributed by atoms with E-state index in [-0.39, 0.29) is 24.1 Å². The standard InChI is InChI=1S/C24H27FN2O3/c1-3-27(4-2)16-19-8-6-5-7-18(19)15-26-24(28)23-14-13-22(30-23)17-29-21-11-9-20(25)10-12-21/h5-14H,3-4,15-17H2,1-2H3,(H,26,28). The van der Waals surface area contributed by atoms with Crippen molar-refractivity contribution in [3.63, 3.8) is 0 Å². The molecule has 30 heavy (non-hydrogen) atoms. The van der Waals surface area contributed by atoms with E-state index in [1.54, 1.807) is 24.3 Å². The van der Waals surface area contributed by atoms with Crippen molar-refractivity contribution in [2.24, 2.45) is 0 Å². The quantitative estimate of drug-likeness (QED) is 0.523. The molecule has 5 nitrogen and oxygen atoms in total. The predicted octanol–water partition coefficient (Wildman–Crippen LogP) is 4.77. The van der Waals surface area contributed by atoms with Gasteiger partial charge in [0.1, 0.15) is 23.9 Å². The highest BCUT2D eigenvalue weighted by molar-refractivity contribution is 5.91. The fourth-order valence-electron chi connectivity index (χ4n) is 3.10. The van der Waals surface area contributed by atoms with Gasteiger partial charge in [-0.15, -0.1) is 0 Å². The summed E-state index contributed by atoms with van der Waals surface area (Å²) in [5.41, 5.74) is 2.29. The zero-order valence-electron chi connectivity index (χ0n) is 17.4. The van der Waals surface area contributed by atoms with Crippen LogP contribution >= 0.6 is 0 Å². The van der Waals surface area contributed by atoms with Crippen molar-refractivity contribution in [1.82, 2.24) is 10.2 Å². The number of nitrogens with zero attached hydrogens (tertiary/aromatic N) is 1. The molecule has 0 unspecified atom stereocenters. The van der Waals surface area contributed by atoms with Crippen LogP contribution in [0, 0.1) is 5.82 Å². The maximum Gasteiger partial charge on any atom is 0.287 e. The second-order valence-electron chi connectivity index (χ2n) is 6.92. The molecular weight excluding hydrogens is 383 g/mol. The van der Waals surface area contributed by atoms with Crippen molar-refractivity contribution < 1.29 is 18.3 Å². The summed E-state index contributed by atoms with van der Waals surface area (Å²) in [6.45, 7) is 7.68. The summed E-state index contributed by atoms with van der Waals surface area (Å²) < 4.78 is 24.1. The summed E-state index contributed by atoms with van der Waals surface area (Å²) in [6, 6.07) is 17.2. The zero-order valence-corrected chi connectivity index (χ0v) is 17.4. The van der Waals surface area contributed by atoms with E-state index in [0.717, 1.165) is 25.2 Å². The number of rotatable bonds is 10. The van der Waals surface area contributed by atoms with Crippen LogP contribution in [0.1, 0.15) is 41.3 Å². The third-order valence-electron chi connectivity index (χ3n) is 4.93. The van der Waals surface area contributed by atoms with Crippen LogP contribution in [0.2, 0.25) is 0 Å². The monoisotopic (exact) mass is 410 g/mol. The Kier molecular flexibility index (Phi) is 7.63. The molecule has 0 aliphatic rings. The molecule has 0 bridgehead atoms. The molecule has 3 rings (SSSR count). The van der Waals surface area contributed by atoms with Gasteiger partial charge in [0.15, 0.2) is 5.76 Å². The molecule has 1 amide bonds. The van der Waals surface area contributed by atoms with Crippen LogP contribution in [-0.4, -0.2) is 23.9 Å². The molecule has 1 aromatic heterocycles. The lowest BCUT2D eigenvalue weighted by Crippen LogP contribution is -2.25. The Hall–Kier alpha value is -3.12. The minimum Gasteiger partial charge on any atom is -0.486 e. The van der Waals surface area contributed by atoms with Crippen molar-refractivity contribution >= 4 is 5.91 Å². The van der Waals surface area contributed by atoms with Gasteiger partial charge in [0, 0.05) is 13.1 Å². The van der Waals surface area contributed by atoms with E-state index in [1.165, 1.54) is 17.7 Å². The first-order chi connectivity index (χ1) is 14.6. The van der Waals surface area contributed by atoms with Gasteiger partial charge in [0.25, 0.3) is 5.91 Å². The SMILES string of the molecule is CCN(CC)Cc1ccccc1CNC(=O)c1ccc(COc2ccc(F)cc2)o1. The van der Waals surface area contributed by atoms with Crippen LogP contribution in [-0.2, 0) is 19.7 Å². The van der Waals surface area contributed by atoms with Crippen molar-refractivity contribution in [3.8, 4) is 5.75 Å². The number of carbonyl (C=O) groups is 1. The Labute approximate surface area is 176 Å².